The zero-order chi connectivity index (χ0) is 15.6. The van der Waals surface area contributed by atoms with Gasteiger partial charge in [-0.05, 0) is 18.2 Å². The number of nitro groups is 1. The van der Waals surface area contributed by atoms with Crippen LogP contribution in [0.4, 0.5) is 24.8 Å². The molecule has 110 valence electrons. The van der Waals surface area contributed by atoms with Crippen molar-refractivity contribution in [1.82, 2.24) is 9.97 Å². The molecule has 0 unspecified atom stereocenters. The number of non-ortho nitro benzene ring substituents is 1. The number of hydrogen-bond acceptors (Lipinski definition) is 6. The number of benzene rings is 1. The Morgan fingerprint density at radius 1 is 1.19 bits per heavy atom. The van der Waals surface area contributed by atoms with Crippen molar-refractivity contribution in [2.45, 2.75) is 6.18 Å². The highest BCUT2D eigenvalue weighted by atomic mass is 19.4. The summed E-state index contributed by atoms with van der Waals surface area (Å²) in [6, 6.07) is 5.66. The molecule has 0 aliphatic carbocycles. The van der Waals surface area contributed by atoms with Gasteiger partial charge in [-0.2, -0.15) is 13.2 Å². The molecular weight excluding hydrogens is 291 g/mol. The van der Waals surface area contributed by atoms with Gasteiger partial charge < -0.3 is 0 Å². The van der Waals surface area contributed by atoms with Gasteiger partial charge in [-0.25, -0.2) is 15.8 Å². The Morgan fingerprint density at radius 2 is 1.81 bits per heavy atom. The van der Waals surface area contributed by atoms with Crippen LogP contribution in [0.25, 0.3) is 11.3 Å². The number of nitrogens with one attached hydrogen (secondary N) is 1. The Labute approximate surface area is 115 Å². The average Bonchev–Trinajstić information content (AvgIpc) is 2.46. The molecule has 3 N–H and O–H groups in total. The van der Waals surface area contributed by atoms with Crippen molar-refractivity contribution in [3.05, 3.63) is 46.1 Å². The molecule has 0 aliphatic heterocycles. The molecule has 0 amide bonds. The summed E-state index contributed by atoms with van der Waals surface area (Å²) in [7, 11) is 0. The number of aromatic nitrogens is 2. The van der Waals surface area contributed by atoms with E-state index in [1.807, 2.05) is 5.43 Å². The minimum atomic E-state index is -4.66. The number of nitro benzene ring substituents is 1. The van der Waals surface area contributed by atoms with E-state index in [2.05, 4.69) is 9.97 Å². The Balaban J connectivity index is 2.50. The van der Waals surface area contributed by atoms with E-state index in [1.165, 1.54) is 24.3 Å². The van der Waals surface area contributed by atoms with Crippen LogP contribution in [0.3, 0.4) is 0 Å². The minimum absolute atomic E-state index is 0.0554. The second-order valence-corrected chi connectivity index (χ2v) is 3.91. The predicted molar refractivity (Wildman–Crippen MR) is 66.9 cm³/mol. The van der Waals surface area contributed by atoms with Crippen molar-refractivity contribution in [3.8, 4) is 11.3 Å². The van der Waals surface area contributed by atoms with E-state index in [4.69, 9.17) is 5.84 Å². The monoisotopic (exact) mass is 299 g/mol. The lowest BCUT2D eigenvalue weighted by molar-refractivity contribution is -0.384. The quantitative estimate of drug-likeness (QED) is 0.512. The molecule has 0 saturated carbocycles. The van der Waals surface area contributed by atoms with Gasteiger partial charge >= 0.3 is 6.18 Å². The van der Waals surface area contributed by atoms with Crippen LogP contribution < -0.4 is 11.3 Å². The largest absolute Gasteiger partial charge is 0.433 e. The Kier molecular flexibility index (Phi) is 3.72. The minimum Gasteiger partial charge on any atom is -0.292 e. The first-order valence-electron chi connectivity index (χ1n) is 5.49. The Hall–Kier alpha value is -2.75. The van der Waals surface area contributed by atoms with Crippen molar-refractivity contribution >= 4 is 11.6 Å². The highest BCUT2D eigenvalue weighted by Crippen LogP contribution is 2.31. The third-order valence-corrected chi connectivity index (χ3v) is 2.52. The van der Waals surface area contributed by atoms with Gasteiger partial charge in [-0.15, -0.1) is 0 Å². The summed E-state index contributed by atoms with van der Waals surface area (Å²) in [5.74, 6) is 4.64. The first kappa shape index (κ1) is 14.7. The Bertz CT molecular complexity index is 673. The molecule has 0 bridgehead atoms. The van der Waals surface area contributed by atoms with Crippen molar-refractivity contribution in [2.24, 2.45) is 5.84 Å². The number of rotatable bonds is 3. The summed E-state index contributed by atoms with van der Waals surface area (Å²) in [5.41, 5.74) is 0.815. The van der Waals surface area contributed by atoms with Gasteiger partial charge in [0.05, 0.1) is 10.6 Å². The molecule has 1 aromatic carbocycles. The summed E-state index contributed by atoms with van der Waals surface area (Å²) in [6.45, 7) is 0. The fourth-order valence-electron chi connectivity index (χ4n) is 1.56. The van der Waals surface area contributed by atoms with Crippen molar-refractivity contribution < 1.29 is 18.1 Å². The lowest BCUT2D eigenvalue weighted by atomic mass is 10.1. The lowest BCUT2D eigenvalue weighted by Crippen LogP contribution is -2.15. The molecule has 0 radical (unpaired) electrons. The van der Waals surface area contributed by atoms with Gasteiger partial charge in [0.1, 0.15) is 0 Å². The summed E-state index contributed by atoms with van der Waals surface area (Å²) < 4.78 is 38.2. The maximum absolute atomic E-state index is 12.7. The van der Waals surface area contributed by atoms with Crippen molar-refractivity contribution in [3.63, 3.8) is 0 Å². The molecule has 0 spiro atoms. The van der Waals surface area contributed by atoms with E-state index < -0.39 is 22.7 Å². The van der Waals surface area contributed by atoms with Crippen LogP contribution >= 0.6 is 0 Å². The van der Waals surface area contributed by atoms with Gasteiger partial charge in [0.2, 0.25) is 5.95 Å². The van der Waals surface area contributed by atoms with E-state index in [-0.39, 0.29) is 16.9 Å². The molecule has 21 heavy (non-hydrogen) atoms. The highest BCUT2D eigenvalue weighted by molar-refractivity contribution is 5.62. The summed E-state index contributed by atoms with van der Waals surface area (Å²) in [5, 5.41) is 10.5. The molecule has 2 aromatic rings. The standard InChI is InChI=1S/C11H8F3N5O2/c12-11(13,14)9-5-8(16-10(17-9)18-15)6-1-3-7(4-2-6)19(20)21/h1-5H,15H2,(H,16,17,18). The molecule has 0 saturated heterocycles. The van der Waals surface area contributed by atoms with Crippen LogP contribution in [0.2, 0.25) is 0 Å². The number of nitrogens with two attached hydrogens (primary N) is 1. The molecule has 1 aromatic heterocycles. The third-order valence-electron chi connectivity index (χ3n) is 2.52. The molecular formula is C11H8F3N5O2. The van der Waals surface area contributed by atoms with E-state index in [0.29, 0.717) is 0 Å². The van der Waals surface area contributed by atoms with E-state index >= 15 is 0 Å². The number of nitrogens with zero attached hydrogens (tertiary/aromatic N) is 3. The zero-order valence-corrected chi connectivity index (χ0v) is 10.3. The summed E-state index contributed by atoms with van der Waals surface area (Å²) >= 11 is 0. The fraction of sp³-hybridized carbons (Fsp3) is 0.0909. The van der Waals surface area contributed by atoms with Gasteiger partial charge in [-0.3, -0.25) is 15.5 Å². The molecule has 0 atom stereocenters. The second-order valence-electron chi connectivity index (χ2n) is 3.91. The van der Waals surface area contributed by atoms with E-state index in [1.54, 1.807) is 0 Å². The lowest BCUT2D eigenvalue weighted by Gasteiger charge is -2.10. The molecule has 7 nitrogen and oxygen atoms in total. The zero-order valence-electron chi connectivity index (χ0n) is 10.3. The smallest absolute Gasteiger partial charge is 0.292 e. The molecule has 1 heterocycles. The molecule has 10 heteroatoms. The number of hydrazine groups is 1. The fourth-order valence-corrected chi connectivity index (χ4v) is 1.56. The predicted octanol–water partition coefficient (Wildman–Crippen LogP) is 2.36. The number of halogens is 3. The van der Waals surface area contributed by atoms with Gasteiger partial charge in [0, 0.05) is 17.7 Å². The number of nitrogen functional groups attached to an aromatic ring is 1. The van der Waals surface area contributed by atoms with Crippen LogP contribution in [0.1, 0.15) is 5.69 Å². The number of hydrogen-bond donors (Lipinski definition) is 2. The Morgan fingerprint density at radius 3 is 2.29 bits per heavy atom. The first-order valence-corrected chi connectivity index (χ1v) is 5.49. The molecule has 0 fully saturated rings. The van der Waals surface area contributed by atoms with Crippen LogP contribution in [0.15, 0.2) is 30.3 Å². The number of anilines is 1. The summed E-state index contributed by atoms with van der Waals surface area (Å²) in [4.78, 5) is 16.9. The van der Waals surface area contributed by atoms with Gasteiger partial charge in [-0.1, -0.05) is 0 Å². The van der Waals surface area contributed by atoms with Crippen LogP contribution in [-0.2, 0) is 6.18 Å². The normalized spacial score (nSPS) is 11.2. The van der Waals surface area contributed by atoms with Gasteiger partial charge in [0.15, 0.2) is 5.69 Å². The highest BCUT2D eigenvalue weighted by Gasteiger charge is 2.33. The second kappa shape index (κ2) is 5.32. The average molecular weight is 299 g/mol. The molecule has 2 rings (SSSR count). The van der Waals surface area contributed by atoms with E-state index in [0.717, 1.165) is 6.07 Å². The number of alkyl halides is 3. The SMILES string of the molecule is NNc1nc(-c2ccc([N+](=O)[O-])cc2)cc(C(F)(F)F)n1. The molecule has 0 aliphatic rings. The van der Waals surface area contributed by atoms with Crippen molar-refractivity contribution in [2.75, 3.05) is 5.43 Å². The topological polar surface area (TPSA) is 107 Å². The van der Waals surface area contributed by atoms with Crippen LogP contribution in [0.5, 0.6) is 0 Å². The third kappa shape index (κ3) is 3.23. The summed E-state index contributed by atoms with van der Waals surface area (Å²) in [6.07, 6.45) is -4.66. The van der Waals surface area contributed by atoms with Gasteiger partial charge in [0.25, 0.3) is 5.69 Å². The first-order chi connectivity index (χ1) is 9.81. The maximum atomic E-state index is 12.7. The van der Waals surface area contributed by atoms with E-state index in [9.17, 15) is 23.3 Å². The van der Waals surface area contributed by atoms with Crippen molar-refractivity contribution in [1.29, 1.82) is 0 Å². The van der Waals surface area contributed by atoms with Crippen LogP contribution in [-0.4, -0.2) is 14.9 Å². The maximum Gasteiger partial charge on any atom is 0.433 e. The van der Waals surface area contributed by atoms with Crippen LogP contribution in [0, 0.1) is 10.1 Å².